The van der Waals surface area contributed by atoms with Gasteiger partial charge in [0.15, 0.2) is 0 Å². The van der Waals surface area contributed by atoms with Crippen molar-refractivity contribution < 1.29 is 4.79 Å². The standard InChI is InChI=1S/C9H12N4OS/c1-11-8(14)5-13-7-4-6(9(10)15)2-3-12-7/h2-4H,5H2,1H3,(H2,10,15)(H,11,14)(H,12,13). The van der Waals surface area contributed by atoms with Crippen LogP contribution >= 0.6 is 12.2 Å². The minimum Gasteiger partial charge on any atom is -0.389 e. The van der Waals surface area contributed by atoms with E-state index in [2.05, 4.69) is 15.6 Å². The largest absolute Gasteiger partial charge is 0.389 e. The molecule has 1 amide bonds. The van der Waals surface area contributed by atoms with Gasteiger partial charge in [0.25, 0.3) is 0 Å². The van der Waals surface area contributed by atoms with E-state index in [-0.39, 0.29) is 12.5 Å². The van der Waals surface area contributed by atoms with Crippen molar-refractivity contribution in [1.29, 1.82) is 0 Å². The lowest BCUT2D eigenvalue weighted by Gasteiger charge is -2.05. The van der Waals surface area contributed by atoms with Crippen molar-refractivity contribution >= 4 is 28.9 Å². The van der Waals surface area contributed by atoms with Crippen LogP contribution in [0.4, 0.5) is 5.82 Å². The molecule has 6 heteroatoms. The summed E-state index contributed by atoms with van der Waals surface area (Å²) in [6.07, 6.45) is 1.58. The minimum absolute atomic E-state index is 0.113. The lowest BCUT2D eigenvalue weighted by Crippen LogP contribution is -2.26. The maximum Gasteiger partial charge on any atom is 0.239 e. The summed E-state index contributed by atoms with van der Waals surface area (Å²) in [7, 11) is 1.57. The molecule has 0 aliphatic carbocycles. The quantitative estimate of drug-likeness (QED) is 0.621. The summed E-state index contributed by atoms with van der Waals surface area (Å²) in [6, 6.07) is 3.42. The van der Waals surface area contributed by atoms with Crippen LogP contribution in [0.1, 0.15) is 5.56 Å². The van der Waals surface area contributed by atoms with Gasteiger partial charge in [0.1, 0.15) is 10.8 Å². The van der Waals surface area contributed by atoms with Gasteiger partial charge in [-0.15, -0.1) is 0 Å². The van der Waals surface area contributed by atoms with E-state index in [9.17, 15) is 4.79 Å². The third-order valence-corrected chi connectivity index (χ3v) is 1.99. The third-order valence-electron chi connectivity index (χ3n) is 1.75. The predicted molar refractivity (Wildman–Crippen MR) is 62.7 cm³/mol. The van der Waals surface area contributed by atoms with Crippen LogP contribution in [0, 0.1) is 0 Å². The molecule has 1 aromatic heterocycles. The Morgan fingerprint density at radius 2 is 2.40 bits per heavy atom. The molecule has 0 aromatic carbocycles. The number of carbonyl (C=O) groups excluding carboxylic acids is 1. The Morgan fingerprint density at radius 1 is 1.67 bits per heavy atom. The highest BCUT2D eigenvalue weighted by Gasteiger charge is 2.01. The number of nitrogens with one attached hydrogen (secondary N) is 2. The van der Waals surface area contributed by atoms with Gasteiger partial charge >= 0.3 is 0 Å². The van der Waals surface area contributed by atoms with Crippen molar-refractivity contribution in [2.45, 2.75) is 0 Å². The first kappa shape index (κ1) is 11.4. The number of aromatic nitrogens is 1. The van der Waals surface area contributed by atoms with Crippen LogP contribution in [0.25, 0.3) is 0 Å². The number of pyridine rings is 1. The second-order valence-corrected chi connectivity index (χ2v) is 3.26. The van der Waals surface area contributed by atoms with Gasteiger partial charge in [-0.3, -0.25) is 4.79 Å². The molecule has 0 aliphatic heterocycles. The van der Waals surface area contributed by atoms with Crippen molar-refractivity contribution in [2.24, 2.45) is 5.73 Å². The molecule has 0 atom stereocenters. The van der Waals surface area contributed by atoms with E-state index in [0.29, 0.717) is 10.8 Å². The van der Waals surface area contributed by atoms with Gasteiger partial charge in [-0.05, 0) is 12.1 Å². The zero-order chi connectivity index (χ0) is 11.3. The van der Waals surface area contributed by atoms with E-state index in [0.717, 1.165) is 5.56 Å². The molecular weight excluding hydrogens is 212 g/mol. The topological polar surface area (TPSA) is 80.0 Å². The summed E-state index contributed by atoms with van der Waals surface area (Å²) in [5.41, 5.74) is 6.18. The fourth-order valence-corrected chi connectivity index (χ4v) is 1.07. The fraction of sp³-hybridized carbons (Fsp3) is 0.222. The zero-order valence-electron chi connectivity index (χ0n) is 8.28. The molecule has 0 unspecified atom stereocenters. The number of likely N-dealkylation sites (N-methyl/N-ethyl adjacent to an activating group) is 1. The molecule has 0 saturated heterocycles. The van der Waals surface area contributed by atoms with Crippen molar-refractivity contribution in [3.05, 3.63) is 23.9 Å². The van der Waals surface area contributed by atoms with E-state index in [4.69, 9.17) is 18.0 Å². The molecule has 1 heterocycles. The van der Waals surface area contributed by atoms with Gasteiger partial charge in [0.05, 0.1) is 6.54 Å². The minimum atomic E-state index is -0.113. The zero-order valence-corrected chi connectivity index (χ0v) is 9.10. The van der Waals surface area contributed by atoms with Gasteiger partial charge in [-0.2, -0.15) is 0 Å². The van der Waals surface area contributed by atoms with E-state index in [1.807, 2.05) is 0 Å². The van der Waals surface area contributed by atoms with Gasteiger partial charge in [0.2, 0.25) is 5.91 Å². The van der Waals surface area contributed by atoms with Crippen LogP contribution < -0.4 is 16.4 Å². The van der Waals surface area contributed by atoms with Crippen LogP contribution in [-0.2, 0) is 4.79 Å². The second-order valence-electron chi connectivity index (χ2n) is 2.82. The maximum atomic E-state index is 11.0. The van der Waals surface area contributed by atoms with E-state index in [1.165, 1.54) is 0 Å². The van der Waals surface area contributed by atoms with Crippen LogP contribution in [-0.4, -0.2) is 29.5 Å². The molecule has 4 N–H and O–H groups in total. The van der Waals surface area contributed by atoms with E-state index < -0.39 is 0 Å². The maximum absolute atomic E-state index is 11.0. The number of carbonyl (C=O) groups is 1. The number of rotatable bonds is 4. The lowest BCUT2D eigenvalue weighted by molar-refractivity contribution is -0.118. The Balaban J connectivity index is 2.66. The Hall–Kier alpha value is -1.69. The molecule has 0 radical (unpaired) electrons. The molecule has 0 bridgehead atoms. The number of nitrogens with zero attached hydrogens (tertiary/aromatic N) is 1. The van der Waals surface area contributed by atoms with Crippen molar-refractivity contribution in [2.75, 3.05) is 18.9 Å². The highest BCUT2D eigenvalue weighted by Crippen LogP contribution is 2.05. The van der Waals surface area contributed by atoms with Gasteiger partial charge in [-0.25, -0.2) is 4.98 Å². The Morgan fingerprint density at radius 3 is 3.00 bits per heavy atom. The first-order valence-electron chi connectivity index (χ1n) is 4.34. The highest BCUT2D eigenvalue weighted by atomic mass is 32.1. The summed E-state index contributed by atoms with van der Waals surface area (Å²) < 4.78 is 0. The van der Waals surface area contributed by atoms with Crippen molar-refractivity contribution in [3.63, 3.8) is 0 Å². The molecule has 1 aromatic rings. The SMILES string of the molecule is CNC(=O)CNc1cc(C(N)=S)ccn1. The van der Waals surface area contributed by atoms with E-state index >= 15 is 0 Å². The van der Waals surface area contributed by atoms with Crippen molar-refractivity contribution in [1.82, 2.24) is 10.3 Å². The normalized spacial score (nSPS) is 9.40. The second kappa shape index (κ2) is 5.26. The molecule has 0 spiro atoms. The number of nitrogens with two attached hydrogens (primary N) is 1. The summed E-state index contributed by atoms with van der Waals surface area (Å²) in [5, 5.41) is 5.35. The van der Waals surface area contributed by atoms with Gasteiger partial charge in [0, 0.05) is 18.8 Å². The lowest BCUT2D eigenvalue weighted by atomic mass is 10.2. The number of thiocarbonyl (C=S) groups is 1. The summed E-state index contributed by atoms with van der Waals surface area (Å²) >= 11 is 4.82. The summed E-state index contributed by atoms with van der Waals surface area (Å²) in [4.78, 5) is 15.3. The van der Waals surface area contributed by atoms with Crippen LogP contribution in [0.15, 0.2) is 18.3 Å². The first-order chi connectivity index (χ1) is 7.13. The highest BCUT2D eigenvalue weighted by molar-refractivity contribution is 7.80. The molecule has 0 aliphatic rings. The number of amides is 1. The van der Waals surface area contributed by atoms with Gasteiger partial charge < -0.3 is 16.4 Å². The van der Waals surface area contributed by atoms with Crippen LogP contribution in [0.2, 0.25) is 0 Å². The molecule has 1 rings (SSSR count). The smallest absolute Gasteiger partial charge is 0.239 e. The van der Waals surface area contributed by atoms with Crippen molar-refractivity contribution in [3.8, 4) is 0 Å². The number of hydrogen-bond donors (Lipinski definition) is 3. The molecule has 0 fully saturated rings. The molecule has 80 valence electrons. The van der Waals surface area contributed by atoms with Crippen LogP contribution in [0.5, 0.6) is 0 Å². The Kier molecular flexibility index (Phi) is 3.99. The molecule has 5 nitrogen and oxygen atoms in total. The predicted octanol–water partition coefficient (Wildman–Crippen LogP) is -0.126. The first-order valence-corrected chi connectivity index (χ1v) is 4.74. The molecular formula is C9H12N4OS. The third kappa shape index (κ3) is 3.51. The van der Waals surface area contributed by atoms with Crippen LogP contribution in [0.3, 0.4) is 0 Å². The van der Waals surface area contributed by atoms with E-state index in [1.54, 1.807) is 25.4 Å². The molecule has 0 saturated carbocycles. The summed E-state index contributed by atoms with van der Waals surface area (Å²) in [5.74, 6) is 0.460. The fourth-order valence-electron chi connectivity index (χ4n) is 0.940. The Bertz CT molecular complexity index is 380. The monoisotopic (exact) mass is 224 g/mol. The number of anilines is 1. The van der Waals surface area contributed by atoms with Gasteiger partial charge in [-0.1, -0.05) is 12.2 Å². The Labute approximate surface area is 93.1 Å². The molecule has 15 heavy (non-hydrogen) atoms. The average molecular weight is 224 g/mol. The summed E-state index contributed by atoms with van der Waals surface area (Å²) in [6.45, 7) is 0.171. The average Bonchev–Trinajstić information content (AvgIpc) is 2.26. The number of hydrogen-bond acceptors (Lipinski definition) is 4.